The molecule has 1 unspecified atom stereocenters. The number of fused-ring (bicyclic) bond motifs is 3. The summed E-state index contributed by atoms with van der Waals surface area (Å²) >= 11 is 3.54. The van der Waals surface area contributed by atoms with E-state index in [2.05, 4.69) is 20.9 Å². The molecule has 2 aromatic rings. The summed E-state index contributed by atoms with van der Waals surface area (Å²) in [6.45, 7) is 2.21. The van der Waals surface area contributed by atoms with Crippen LogP contribution in [0.2, 0.25) is 0 Å². The van der Waals surface area contributed by atoms with Crippen molar-refractivity contribution in [2.45, 2.75) is 26.2 Å². The fourth-order valence-electron chi connectivity index (χ4n) is 3.15. The maximum atomic E-state index is 12.0. The molecule has 0 radical (unpaired) electrons. The fourth-order valence-corrected chi connectivity index (χ4v) is 3.72. The Kier molecular flexibility index (Phi) is 3.95. The third kappa shape index (κ3) is 2.41. The van der Waals surface area contributed by atoms with Crippen molar-refractivity contribution in [3.8, 4) is 0 Å². The molecule has 22 heavy (non-hydrogen) atoms. The van der Waals surface area contributed by atoms with E-state index in [1.807, 2.05) is 13.0 Å². The number of ether oxygens (including phenoxy) is 1. The van der Waals surface area contributed by atoms with Crippen LogP contribution in [0.25, 0.3) is 10.9 Å². The molecule has 3 N–H and O–H groups in total. The number of benzene rings is 1. The van der Waals surface area contributed by atoms with E-state index in [-0.39, 0.29) is 11.9 Å². The molecular weight excluding hydrogens is 348 g/mol. The molecule has 6 heteroatoms. The van der Waals surface area contributed by atoms with Crippen molar-refractivity contribution >= 4 is 38.7 Å². The molecule has 1 atom stereocenters. The van der Waals surface area contributed by atoms with E-state index < -0.39 is 5.91 Å². The molecule has 0 saturated heterocycles. The molecule has 5 nitrogen and oxygen atoms in total. The van der Waals surface area contributed by atoms with E-state index in [1.165, 1.54) is 0 Å². The number of carbonyl (C=O) groups is 2. The summed E-state index contributed by atoms with van der Waals surface area (Å²) in [7, 11) is 0. The molecule has 0 aliphatic heterocycles. The van der Waals surface area contributed by atoms with Gasteiger partial charge in [-0.05, 0) is 43.9 Å². The molecule has 0 bridgehead atoms. The van der Waals surface area contributed by atoms with Gasteiger partial charge in [0.2, 0.25) is 0 Å². The lowest BCUT2D eigenvalue weighted by molar-refractivity contribution is -0.148. The number of nitrogens with one attached hydrogen (secondary N) is 1. The predicted octanol–water partition coefficient (Wildman–Crippen LogP) is 2.70. The monoisotopic (exact) mass is 364 g/mol. The number of esters is 1. The quantitative estimate of drug-likeness (QED) is 0.821. The van der Waals surface area contributed by atoms with E-state index >= 15 is 0 Å². The Balaban J connectivity index is 2.09. The first kappa shape index (κ1) is 15.1. The summed E-state index contributed by atoms with van der Waals surface area (Å²) in [5.74, 6) is -0.738. The highest BCUT2D eigenvalue weighted by molar-refractivity contribution is 9.10. The van der Waals surface area contributed by atoms with Gasteiger partial charge in [-0.2, -0.15) is 0 Å². The fraction of sp³-hybridized carbons (Fsp3) is 0.375. The number of hydrogen-bond donors (Lipinski definition) is 2. The zero-order valence-corrected chi connectivity index (χ0v) is 13.8. The standard InChI is InChI=1S/C16H17BrN2O3/c1-2-22-16(21)8-3-6-12-10(7-8)13-11(17)5-4-9(15(18)20)14(13)19-12/h4-5,8,19H,2-3,6-7H2,1H3,(H2,18,20). The average Bonchev–Trinajstić information content (AvgIpc) is 2.86. The lowest BCUT2D eigenvalue weighted by Gasteiger charge is -2.20. The Bertz CT molecular complexity index is 766. The van der Waals surface area contributed by atoms with Crippen LogP contribution < -0.4 is 5.73 Å². The van der Waals surface area contributed by atoms with Crippen LogP contribution in [0.5, 0.6) is 0 Å². The minimum atomic E-state index is -0.460. The maximum Gasteiger partial charge on any atom is 0.309 e. The number of H-pyrrole nitrogens is 1. The van der Waals surface area contributed by atoms with Gasteiger partial charge in [-0.3, -0.25) is 9.59 Å². The van der Waals surface area contributed by atoms with Crippen LogP contribution >= 0.6 is 15.9 Å². The van der Waals surface area contributed by atoms with E-state index in [0.717, 1.165) is 39.5 Å². The van der Waals surface area contributed by atoms with Gasteiger partial charge in [-0.1, -0.05) is 15.9 Å². The van der Waals surface area contributed by atoms with Crippen molar-refractivity contribution in [3.63, 3.8) is 0 Å². The second-order valence-electron chi connectivity index (χ2n) is 5.48. The molecule has 0 spiro atoms. The summed E-state index contributed by atoms with van der Waals surface area (Å²) < 4.78 is 6.04. The van der Waals surface area contributed by atoms with Gasteiger partial charge in [-0.25, -0.2) is 0 Å². The van der Waals surface area contributed by atoms with Crippen molar-refractivity contribution in [3.05, 3.63) is 33.4 Å². The SMILES string of the molecule is CCOC(=O)C1CCc2[nH]c3c(C(N)=O)ccc(Br)c3c2C1. The molecule has 0 saturated carbocycles. The van der Waals surface area contributed by atoms with Crippen molar-refractivity contribution in [2.24, 2.45) is 11.7 Å². The minimum absolute atomic E-state index is 0.129. The number of aryl methyl sites for hydroxylation is 1. The number of hydrogen-bond acceptors (Lipinski definition) is 3. The van der Waals surface area contributed by atoms with E-state index in [0.29, 0.717) is 18.6 Å². The Hall–Kier alpha value is -1.82. The molecule has 3 rings (SSSR count). The highest BCUT2D eigenvalue weighted by atomic mass is 79.9. The van der Waals surface area contributed by atoms with Crippen LogP contribution in [0.4, 0.5) is 0 Å². The molecule has 1 aromatic heterocycles. The second-order valence-corrected chi connectivity index (χ2v) is 6.34. The van der Waals surface area contributed by atoms with Gasteiger partial charge in [-0.15, -0.1) is 0 Å². The zero-order chi connectivity index (χ0) is 15.9. The maximum absolute atomic E-state index is 12.0. The average molecular weight is 365 g/mol. The van der Waals surface area contributed by atoms with Crippen LogP contribution in [-0.2, 0) is 22.4 Å². The van der Waals surface area contributed by atoms with Crippen LogP contribution in [0.1, 0.15) is 35.0 Å². The molecule has 1 aliphatic carbocycles. The number of aromatic amines is 1. The molecule has 1 heterocycles. The second kappa shape index (κ2) is 5.76. The normalized spacial score (nSPS) is 17.3. The van der Waals surface area contributed by atoms with Crippen LogP contribution in [0.15, 0.2) is 16.6 Å². The number of carbonyl (C=O) groups excluding carboxylic acids is 2. The summed E-state index contributed by atoms with van der Waals surface area (Å²) in [5, 5.41) is 0.945. The van der Waals surface area contributed by atoms with E-state index in [9.17, 15) is 9.59 Å². The molecule has 1 aromatic carbocycles. The van der Waals surface area contributed by atoms with Crippen LogP contribution in [-0.4, -0.2) is 23.5 Å². The largest absolute Gasteiger partial charge is 0.466 e. The van der Waals surface area contributed by atoms with Crippen LogP contribution in [0, 0.1) is 5.92 Å². The van der Waals surface area contributed by atoms with Crippen molar-refractivity contribution < 1.29 is 14.3 Å². The molecule has 116 valence electrons. The highest BCUT2D eigenvalue weighted by Crippen LogP contribution is 2.37. The summed E-state index contributed by atoms with van der Waals surface area (Å²) in [6, 6.07) is 3.53. The summed E-state index contributed by atoms with van der Waals surface area (Å²) in [6.07, 6.45) is 2.13. The Morgan fingerprint density at radius 3 is 2.91 bits per heavy atom. The van der Waals surface area contributed by atoms with Crippen molar-refractivity contribution in [2.75, 3.05) is 6.61 Å². The number of nitrogens with two attached hydrogens (primary N) is 1. The molecule has 0 fully saturated rings. The number of aromatic nitrogens is 1. The Labute approximate surface area is 136 Å². The van der Waals surface area contributed by atoms with Crippen molar-refractivity contribution in [1.29, 1.82) is 0 Å². The highest BCUT2D eigenvalue weighted by Gasteiger charge is 2.29. The molecule has 1 amide bonds. The van der Waals surface area contributed by atoms with Gasteiger partial charge >= 0.3 is 5.97 Å². The first-order valence-corrected chi connectivity index (χ1v) is 8.10. The van der Waals surface area contributed by atoms with Gasteiger partial charge in [0.15, 0.2) is 0 Å². The first-order chi connectivity index (χ1) is 10.5. The zero-order valence-electron chi connectivity index (χ0n) is 12.2. The van der Waals surface area contributed by atoms with E-state index in [1.54, 1.807) is 6.07 Å². The summed E-state index contributed by atoms with van der Waals surface area (Å²) in [4.78, 5) is 26.9. The minimum Gasteiger partial charge on any atom is -0.466 e. The molecular formula is C16H17BrN2O3. The Morgan fingerprint density at radius 2 is 2.23 bits per heavy atom. The van der Waals surface area contributed by atoms with Gasteiger partial charge in [0.05, 0.1) is 23.6 Å². The van der Waals surface area contributed by atoms with E-state index in [4.69, 9.17) is 10.5 Å². The van der Waals surface area contributed by atoms with Gasteiger partial charge < -0.3 is 15.5 Å². The molecule has 1 aliphatic rings. The lowest BCUT2D eigenvalue weighted by Crippen LogP contribution is -2.24. The number of rotatable bonds is 3. The van der Waals surface area contributed by atoms with Gasteiger partial charge in [0.25, 0.3) is 5.91 Å². The van der Waals surface area contributed by atoms with Crippen LogP contribution in [0.3, 0.4) is 0 Å². The third-order valence-corrected chi connectivity index (χ3v) is 4.84. The lowest BCUT2D eigenvalue weighted by atomic mass is 9.86. The van der Waals surface area contributed by atoms with Gasteiger partial charge in [0.1, 0.15) is 0 Å². The first-order valence-electron chi connectivity index (χ1n) is 7.31. The number of halogens is 1. The van der Waals surface area contributed by atoms with Gasteiger partial charge in [0, 0.05) is 15.6 Å². The summed E-state index contributed by atoms with van der Waals surface area (Å²) in [5.41, 5.74) is 8.83. The number of primary amides is 1. The smallest absolute Gasteiger partial charge is 0.309 e. The Morgan fingerprint density at radius 1 is 1.45 bits per heavy atom. The topological polar surface area (TPSA) is 85.2 Å². The number of amides is 1. The predicted molar refractivity (Wildman–Crippen MR) is 86.7 cm³/mol. The third-order valence-electron chi connectivity index (χ3n) is 4.18. The van der Waals surface area contributed by atoms with Crippen molar-refractivity contribution in [1.82, 2.24) is 4.98 Å².